The zero-order chi connectivity index (χ0) is 22.5. The molecule has 3 aromatic rings. The number of ether oxygens (including phenoxy) is 1. The molecule has 3 aromatic carbocycles. The second kappa shape index (κ2) is 7.09. The molecule has 0 amide bonds. The quantitative estimate of drug-likeness (QED) is 0.271. The predicted octanol–water partition coefficient (Wildman–Crippen LogP) is 6.55. The van der Waals surface area contributed by atoms with Gasteiger partial charge in [-0.2, -0.15) is 0 Å². The Morgan fingerprint density at radius 1 is 1.09 bits per heavy atom. The molecular formula is C27H24N2O3. The molecule has 160 valence electrons. The van der Waals surface area contributed by atoms with E-state index in [1.165, 1.54) is 5.56 Å². The van der Waals surface area contributed by atoms with Gasteiger partial charge in [-0.05, 0) is 56.2 Å². The lowest BCUT2D eigenvalue weighted by molar-refractivity contribution is -0.385. The van der Waals surface area contributed by atoms with Crippen molar-refractivity contribution < 1.29 is 9.66 Å². The highest BCUT2D eigenvalue weighted by atomic mass is 16.6. The number of hydrogen-bond donors (Lipinski definition) is 0. The van der Waals surface area contributed by atoms with Crippen LogP contribution in [-0.4, -0.2) is 10.6 Å². The topological polar surface area (TPSA) is 55.6 Å². The Morgan fingerprint density at radius 2 is 1.81 bits per heavy atom. The predicted molar refractivity (Wildman–Crippen MR) is 127 cm³/mol. The second-order valence-electron chi connectivity index (χ2n) is 8.72. The molecular weight excluding hydrogens is 400 g/mol. The van der Waals surface area contributed by atoms with Gasteiger partial charge in [0.05, 0.1) is 10.3 Å². The first-order chi connectivity index (χ1) is 15.4. The Hall–Kier alpha value is -3.86. The Labute approximate surface area is 187 Å². The summed E-state index contributed by atoms with van der Waals surface area (Å²) in [6.45, 7) is 8.20. The zero-order valence-electron chi connectivity index (χ0n) is 18.1. The van der Waals surface area contributed by atoms with E-state index in [1.807, 2.05) is 36.4 Å². The number of fused-ring (bicyclic) bond motifs is 2. The Bertz CT molecular complexity index is 1260. The van der Waals surface area contributed by atoms with Crippen molar-refractivity contribution in [1.29, 1.82) is 0 Å². The molecule has 1 spiro atoms. The van der Waals surface area contributed by atoms with Gasteiger partial charge in [-0.3, -0.25) is 15.0 Å². The third-order valence-electron chi connectivity index (χ3n) is 6.56. The molecule has 2 aliphatic rings. The minimum absolute atomic E-state index is 0.0543. The van der Waals surface area contributed by atoms with Crippen molar-refractivity contribution in [2.24, 2.45) is 0 Å². The summed E-state index contributed by atoms with van der Waals surface area (Å²) in [4.78, 5) is 13.4. The third-order valence-corrected chi connectivity index (χ3v) is 6.56. The number of nitro benzene ring substituents is 1. The molecule has 0 saturated carbocycles. The molecule has 0 N–H and O–H groups in total. The van der Waals surface area contributed by atoms with Gasteiger partial charge in [-0.1, -0.05) is 42.5 Å². The summed E-state index contributed by atoms with van der Waals surface area (Å²) >= 11 is 0. The molecule has 0 fully saturated rings. The fourth-order valence-corrected chi connectivity index (χ4v) is 4.96. The fourth-order valence-electron chi connectivity index (χ4n) is 4.96. The van der Waals surface area contributed by atoms with Crippen LogP contribution in [0.5, 0.6) is 5.75 Å². The summed E-state index contributed by atoms with van der Waals surface area (Å²) in [6.07, 6.45) is 6.23. The number of nitrogens with zero attached hydrogens (tertiary/aromatic N) is 2. The van der Waals surface area contributed by atoms with Crippen LogP contribution in [0.2, 0.25) is 0 Å². The second-order valence-corrected chi connectivity index (χ2v) is 8.72. The monoisotopic (exact) mass is 424 g/mol. The highest BCUT2D eigenvalue weighted by Gasteiger charge is 2.59. The fraction of sp³-hybridized carbons (Fsp3) is 0.185. The molecule has 0 unspecified atom stereocenters. The maximum Gasteiger partial charge on any atom is 0.270 e. The number of allylic oxidation sites excluding steroid dienone is 1. The summed E-state index contributed by atoms with van der Waals surface area (Å²) in [5.74, 6) is 0.666. The SMILES string of the molecule is C=CCc1cc([N+](=O)[O-])cc2c1O[C@@]1(C=C2)N(c2ccccc2)c2ccccc2C1(C)C. The number of hydrogen-bond acceptors (Lipinski definition) is 4. The molecule has 5 nitrogen and oxygen atoms in total. The maximum absolute atomic E-state index is 11.5. The Kier molecular flexibility index (Phi) is 4.45. The van der Waals surface area contributed by atoms with Crippen molar-refractivity contribution >= 4 is 23.1 Å². The van der Waals surface area contributed by atoms with Crippen molar-refractivity contribution in [2.75, 3.05) is 4.90 Å². The van der Waals surface area contributed by atoms with Crippen LogP contribution in [0.4, 0.5) is 17.1 Å². The third kappa shape index (κ3) is 2.71. The summed E-state index contributed by atoms with van der Waals surface area (Å²) in [7, 11) is 0. The van der Waals surface area contributed by atoms with E-state index in [1.54, 1.807) is 18.2 Å². The zero-order valence-corrected chi connectivity index (χ0v) is 18.1. The highest BCUT2D eigenvalue weighted by Crippen LogP contribution is 2.58. The van der Waals surface area contributed by atoms with Crippen LogP contribution in [0, 0.1) is 10.1 Å². The van der Waals surface area contributed by atoms with Crippen LogP contribution in [0.25, 0.3) is 6.08 Å². The highest BCUT2D eigenvalue weighted by molar-refractivity contribution is 5.80. The summed E-state index contributed by atoms with van der Waals surface area (Å²) in [6, 6.07) is 21.7. The van der Waals surface area contributed by atoms with Crippen LogP contribution in [0.15, 0.2) is 85.5 Å². The largest absolute Gasteiger partial charge is 0.462 e. The van der Waals surface area contributed by atoms with Crippen LogP contribution in [0.1, 0.15) is 30.5 Å². The first-order valence-electron chi connectivity index (χ1n) is 10.6. The number of non-ortho nitro benzene ring substituents is 1. The first-order valence-corrected chi connectivity index (χ1v) is 10.6. The average Bonchev–Trinajstić information content (AvgIpc) is 2.98. The lowest BCUT2D eigenvalue weighted by Gasteiger charge is -2.47. The minimum Gasteiger partial charge on any atom is -0.462 e. The van der Waals surface area contributed by atoms with E-state index in [4.69, 9.17) is 4.74 Å². The lowest BCUT2D eigenvalue weighted by atomic mass is 9.76. The Balaban J connectivity index is 1.76. The van der Waals surface area contributed by atoms with Gasteiger partial charge in [0.15, 0.2) is 0 Å². The standard InChI is InChI=1S/C27H24N2O3/c1-4-10-19-17-22(29(30)31)18-20-15-16-27(32-25(19)20)26(2,3)23-13-8-9-14-24(23)28(27)21-11-6-5-7-12-21/h4-9,11-18H,1,10H2,2-3H3/t27-/m1/s1. The number of benzene rings is 3. The molecule has 2 heterocycles. The average molecular weight is 425 g/mol. The molecule has 5 heteroatoms. The number of nitro groups is 1. The minimum atomic E-state index is -0.836. The van der Waals surface area contributed by atoms with Crippen LogP contribution in [0.3, 0.4) is 0 Å². The molecule has 0 saturated heterocycles. The molecule has 0 aliphatic carbocycles. The molecule has 0 bridgehead atoms. The van der Waals surface area contributed by atoms with E-state index in [-0.39, 0.29) is 10.6 Å². The number of para-hydroxylation sites is 2. The maximum atomic E-state index is 11.5. The van der Waals surface area contributed by atoms with E-state index in [0.717, 1.165) is 16.9 Å². The summed E-state index contributed by atoms with van der Waals surface area (Å²) in [5.41, 5.74) is 3.57. The van der Waals surface area contributed by atoms with Crippen molar-refractivity contribution in [1.82, 2.24) is 0 Å². The van der Waals surface area contributed by atoms with Gasteiger partial charge >= 0.3 is 0 Å². The van der Waals surface area contributed by atoms with Gasteiger partial charge in [-0.25, -0.2) is 0 Å². The van der Waals surface area contributed by atoms with Gasteiger partial charge in [0, 0.05) is 34.6 Å². The van der Waals surface area contributed by atoms with Crippen molar-refractivity contribution in [3.63, 3.8) is 0 Å². The molecule has 32 heavy (non-hydrogen) atoms. The Morgan fingerprint density at radius 3 is 2.53 bits per heavy atom. The van der Waals surface area contributed by atoms with Gasteiger partial charge in [0.2, 0.25) is 5.72 Å². The number of rotatable bonds is 4. The lowest BCUT2D eigenvalue weighted by Crippen LogP contribution is -2.58. The van der Waals surface area contributed by atoms with Gasteiger partial charge < -0.3 is 4.74 Å². The van der Waals surface area contributed by atoms with E-state index < -0.39 is 11.1 Å². The summed E-state index contributed by atoms with van der Waals surface area (Å²) < 4.78 is 6.93. The molecule has 0 radical (unpaired) electrons. The van der Waals surface area contributed by atoms with Crippen LogP contribution in [-0.2, 0) is 11.8 Å². The molecule has 0 aromatic heterocycles. The van der Waals surface area contributed by atoms with E-state index in [2.05, 4.69) is 55.7 Å². The van der Waals surface area contributed by atoms with E-state index in [0.29, 0.717) is 17.7 Å². The summed E-state index contributed by atoms with van der Waals surface area (Å²) in [5, 5.41) is 11.5. The van der Waals surface area contributed by atoms with E-state index >= 15 is 0 Å². The first kappa shape index (κ1) is 20.1. The molecule has 5 rings (SSSR count). The van der Waals surface area contributed by atoms with Crippen molar-refractivity contribution in [2.45, 2.75) is 31.4 Å². The molecule has 1 atom stereocenters. The molecule has 2 aliphatic heterocycles. The normalized spacial score (nSPS) is 19.9. The van der Waals surface area contributed by atoms with Gasteiger partial charge in [0.25, 0.3) is 5.69 Å². The van der Waals surface area contributed by atoms with Crippen molar-refractivity contribution in [3.05, 3.63) is 112 Å². The number of anilines is 2. The van der Waals surface area contributed by atoms with Gasteiger partial charge in [-0.15, -0.1) is 6.58 Å². The smallest absolute Gasteiger partial charge is 0.270 e. The van der Waals surface area contributed by atoms with Crippen molar-refractivity contribution in [3.8, 4) is 5.75 Å². The van der Waals surface area contributed by atoms with Crippen LogP contribution < -0.4 is 9.64 Å². The van der Waals surface area contributed by atoms with Gasteiger partial charge in [0.1, 0.15) is 5.75 Å². The van der Waals surface area contributed by atoms with E-state index in [9.17, 15) is 10.1 Å². The van der Waals surface area contributed by atoms with Crippen LogP contribution >= 0.6 is 0 Å².